The molecule has 0 amide bonds. The number of carbonyl (C=O) groups excluding carboxylic acids is 1. The summed E-state index contributed by atoms with van der Waals surface area (Å²) in [6.07, 6.45) is 1.71. The van der Waals surface area contributed by atoms with Crippen LogP contribution in [0.1, 0.15) is 57.2 Å². The van der Waals surface area contributed by atoms with Crippen LogP contribution in [0.25, 0.3) is 0 Å². The molecule has 0 bridgehead atoms. The maximum Gasteiger partial charge on any atom is 0.361 e. The van der Waals surface area contributed by atoms with Crippen molar-refractivity contribution in [2.45, 2.75) is 53.1 Å². The fraction of sp³-hybridized carbons (Fsp3) is 0.750. The van der Waals surface area contributed by atoms with Crippen molar-refractivity contribution in [2.75, 3.05) is 0 Å². The SMILES string of the molecule is CC(C)CCc1n[nH]nc1C(=O)OC(C)(C)C. The van der Waals surface area contributed by atoms with Crippen LogP contribution in [0.4, 0.5) is 0 Å². The fourth-order valence-electron chi connectivity index (χ4n) is 1.34. The first-order valence-corrected chi connectivity index (χ1v) is 5.92. The van der Waals surface area contributed by atoms with Crippen molar-refractivity contribution in [1.29, 1.82) is 0 Å². The normalized spacial score (nSPS) is 11.9. The first kappa shape index (κ1) is 13.7. The van der Waals surface area contributed by atoms with Crippen molar-refractivity contribution < 1.29 is 9.53 Å². The highest BCUT2D eigenvalue weighted by Gasteiger charge is 2.23. The summed E-state index contributed by atoms with van der Waals surface area (Å²) in [6.45, 7) is 9.76. The van der Waals surface area contributed by atoms with E-state index in [4.69, 9.17) is 4.74 Å². The number of H-pyrrole nitrogens is 1. The molecule has 0 unspecified atom stereocenters. The number of aryl methyl sites for hydroxylation is 1. The van der Waals surface area contributed by atoms with E-state index in [-0.39, 0.29) is 0 Å². The molecule has 0 aromatic carbocycles. The summed E-state index contributed by atoms with van der Waals surface area (Å²) in [7, 11) is 0. The second-order valence-corrected chi connectivity index (χ2v) is 5.55. The van der Waals surface area contributed by atoms with E-state index in [1.165, 1.54) is 0 Å². The van der Waals surface area contributed by atoms with E-state index < -0.39 is 11.6 Å². The van der Waals surface area contributed by atoms with Gasteiger partial charge >= 0.3 is 5.97 Å². The number of aromatic nitrogens is 3. The minimum absolute atomic E-state index is 0.306. The molecule has 1 N–H and O–H groups in total. The van der Waals surface area contributed by atoms with Gasteiger partial charge in [-0.05, 0) is 39.5 Å². The average molecular weight is 239 g/mol. The van der Waals surface area contributed by atoms with Crippen LogP contribution in [0.3, 0.4) is 0 Å². The number of rotatable bonds is 4. The molecule has 0 aliphatic carbocycles. The molecule has 96 valence electrons. The number of aromatic amines is 1. The number of hydrogen-bond donors (Lipinski definition) is 1. The van der Waals surface area contributed by atoms with Crippen molar-refractivity contribution in [3.05, 3.63) is 11.4 Å². The molecule has 5 heteroatoms. The van der Waals surface area contributed by atoms with Crippen LogP contribution in [-0.4, -0.2) is 27.0 Å². The van der Waals surface area contributed by atoms with Crippen LogP contribution in [-0.2, 0) is 11.2 Å². The zero-order chi connectivity index (χ0) is 13.1. The first-order chi connectivity index (χ1) is 7.79. The molecule has 1 aromatic rings. The number of hydrogen-bond acceptors (Lipinski definition) is 4. The molecule has 1 aromatic heterocycles. The number of carbonyl (C=O) groups is 1. The number of nitrogens with zero attached hydrogens (tertiary/aromatic N) is 2. The summed E-state index contributed by atoms with van der Waals surface area (Å²) in [5, 5.41) is 10.4. The molecule has 0 fully saturated rings. The lowest BCUT2D eigenvalue weighted by Gasteiger charge is -2.18. The molecule has 0 radical (unpaired) electrons. The highest BCUT2D eigenvalue weighted by atomic mass is 16.6. The van der Waals surface area contributed by atoms with Gasteiger partial charge in [-0.3, -0.25) is 0 Å². The quantitative estimate of drug-likeness (QED) is 0.819. The van der Waals surface area contributed by atoms with Crippen molar-refractivity contribution in [1.82, 2.24) is 15.4 Å². The molecule has 17 heavy (non-hydrogen) atoms. The van der Waals surface area contributed by atoms with Crippen molar-refractivity contribution in [2.24, 2.45) is 5.92 Å². The zero-order valence-corrected chi connectivity index (χ0v) is 11.2. The fourth-order valence-corrected chi connectivity index (χ4v) is 1.34. The number of nitrogens with one attached hydrogen (secondary N) is 1. The van der Waals surface area contributed by atoms with Gasteiger partial charge in [-0.25, -0.2) is 4.79 Å². The Bertz CT molecular complexity index is 377. The monoisotopic (exact) mass is 239 g/mol. The van der Waals surface area contributed by atoms with E-state index in [9.17, 15) is 4.79 Å². The van der Waals surface area contributed by atoms with Crippen molar-refractivity contribution in [3.8, 4) is 0 Å². The molecule has 1 heterocycles. The van der Waals surface area contributed by atoms with Crippen LogP contribution < -0.4 is 0 Å². The second-order valence-electron chi connectivity index (χ2n) is 5.55. The van der Waals surface area contributed by atoms with Gasteiger partial charge in [-0.15, -0.1) is 5.10 Å². The highest BCUT2D eigenvalue weighted by Crippen LogP contribution is 2.14. The topological polar surface area (TPSA) is 67.9 Å². The molecule has 0 saturated carbocycles. The van der Waals surface area contributed by atoms with E-state index in [1.54, 1.807) is 0 Å². The molecule has 0 saturated heterocycles. The van der Waals surface area contributed by atoms with Gasteiger partial charge in [0.05, 0.1) is 5.69 Å². The van der Waals surface area contributed by atoms with Gasteiger partial charge in [0.1, 0.15) is 5.60 Å². The largest absolute Gasteiger partial charge is 0.455 e. The molecule has 1 rings (SSSR count). The van der Waals surface area contributed by atoms with Crippen LogP contribution in [0.2, 0.25) is 0 Å². The summed E-state index contributed by atoms with van der Waals surface area (Å²) < 4.78 is 5.27. The second kappa shape index (κ2) is 5.29. The van der Waals surface area contributed by atoms with Gasteiger partial charge in [0.2, 0.25) is 0 Å². The lowest BCUT2D eigenvalue weighted by Crippen LogP contribution is -2.24. The third-order valence-corrected chi connectivity index (χ3v) is 2.17. The summed E-state index contributed by atoms with van der Waals surface area (Å²) in [4.78, 5) is 11.8. The number of esters is 1. The molecule has 0 aliphatic heterocycles. The molecule has 0 spiro atoms. The standard InChI is InChI=1S/C12H21N3O2/c1-8(2)6-7-9-10(14-15-13-9)11(16)17-12(3,4)5/h8H,6-7H2,1-5H3,(H,13,14,15). The predicted molar refractivity (Wildman–Crippen MR) is 64.7 cm³/mol. The van der Waals surface area contributed by atoms with Gasteiger partial charge in [0.25, 0.3) is 0 Å². The van der Waals surface area contributed by atoms with Crippen LogP contribution in [0, 0.1) is 5.92 Å². The van der Waals surface area contributed by atoms with E-state index >= 15 is 0 Å². The minimum Gasteiger partial charge on any atom is -0.455 e. The smallest absolute Gasteiger partial charge is 0.361 e. The number of ether oxygens (including phenoxy) is 1. The van der Waals surface area contributed by atoms with Crippen molar-refractivity contribution >= 4 is 5.97 Å². The van der Waals surface area contributed by atoms with Gasteiger partial charge < -0.3 is 4.74 Å². The Labute approximate surface area is 102 Å². The summed E-state index contributed by atoms with van der Waals surface area (Å²) in [6, 6.07) is 0. The van der Waals surface area contributed by atoms with Gasteiger partial charge in [-0.2, -0.15) is 10.3 Å². The van der Waals surface area contributed by atoms with E-state index in [2.05, 4.69) is 29.3 Å². The highest BCUT2D eigenvalue weighted by molar-refractivity contribution is 5.88. The molecule has 5 nitrogen and oxygen atoms in total. The third kappa shape index (κ3) is 4.54. The average Bonchev–Trinajstić information content (AvgIpc) is 2.59. The Morgan fingerprint density at radius 2 is 2.00 bits per heavy atom. The van der Waals surface area contributed by atoms with E-state index in [0.717, 1.165) is 12.8 Å². The molecule has 0 atom stereocenters. The van der Waals surface area contributed by atoms with Crippen LogP contribution in [0.15, 0.2) is 0 Å². The van der Waals surface area contributed by atoms with Gasteiger partial charge in [0, 0.05) is 0 Å². The lowest BCUT2D eigenvalue weighted by atomic mass is 10.1. The third-order valence-electron chi connectivity index (χ3n) is 2.17. The maximum absolute atomic E-state index is 11.8. The van der Waals surface area contributed by atoms with E-state index in [0.29, 0.717) is 17.3 Å². The van der Waals surface area contributed by atoms with E-state index in [1.807, 2.05) is 20.8 Å². The first-order valence-electron chi connectivity index (χ1n) is 5.92. The summed E-state index contributed by atoms with van der Waals surface area (Å²) in [5.41, 5.74) is 0.485. The predicted octanol–water partition coefficient (Wildman–Crippen LogP) is 2.35. The molecule has 0 aliphatic rings. The van der Waals surface area contributed by atoms with Crippen LogP contribution in [0.5, 0.6) is 0 Å². The summed E-state index contributed by atoms with van der Waals surface area (Å²) in [5.74, 6) is 0.156. The Morgan fingerprint density at radius 3 is 2.53 bits per heavy atom. The minimum atomic E-state index is -0.509. The molecular formula is C12H21N3O2. The Morgan fingerprint density at radius 1 is 1.35 bits per heavy atom. The van der Waals surface area contributed by atoms with Crippen LogP contribution >= 0.6 is 0 Å². The zero-order valence-electron chi connectivity index (χ0n) is 11.2. The van der Waals surface area contributed by atoms with Gasteiger partial charge in [0.15, 0.2) is 5.69 Å². The maximum atomic E-state index is 11.8. The van der Waals surface area contributed by atoms with Crippen molar-refractivity contribution in [3.63, 3.8) is 0 Å². The van der Waals surface area contributed by atoms with Gasteiger partial charge in [-0.1, -0.05) is 13.8 Å². The lowest BCUT2D eigenvalue weighted by molar-refractivity contribution is 0.00614. The Balaban J connectivity index is 2.71. The Kier molecular flexibility index (Phi) is 4.26. The Hall–Kier alpha value is -1.39. The molecular weight excluding hydrogens is 218 g/mol. The summed E-state index contributed by atoms with van der Waals surface area (Å²) >= 11 is 0.